The molecule has 0 saturated carbocycles. The molecule has 0 aliphatic rings. The van der Waals surface area contributed by atoms with Gasteiger partial charge < -0.3 is 4.52 Å². The summed E-state index contributed by atoms with van der Waals surface area (Å²) in [7, 11) is 1.79. The first-order valence-electron chi connectivity index (χ1n) is 9.50. The summed E-state index contributed by atoms with van der Waals surface area (Å²) in [5, 5.41) is 5.00. The number of hydrogen-bond acceptors (Lipinski definition) is 4. The smallest absolute Gasteiger partial charge is 0.329 e. The van der Waals surface area contributed by atoms with Gasteiger partial charge in [0.2, 0.25) is 0 Å². The number of benzene rings is 2. The van der Waals surface area contributed by atoms with E-state index in [2.05, 4.69) is 10.1 Å². The monoisotopic (exact) mass is 384 g/mol. The molecule has 5 aromatic rings. The summed E-state index contributed by atoms with van der Waals surface area (Å²) in [6.45, 7) is 4.36. The zero-order chi connectivity index (χ0) is 20.1. The maximum absolute atomic E-state index is 13.0. The molecule has 0 amide bonds. The summed E-state index contributed by atoms with van der Waals surface area (Å²) in [4.78, 5) is 17.6. The molecular formula is C23H20N4O2. The maximum atomic E-state index is 13.0. The third-order valence-corrected chi connectivity index (χ3v) is 5.48. The van der Waals surface area contributed by atoms with E-state index >= 15 is 0 Å². The van der Waals surface area contributed by atoms with Gasteiger partial charge in [-0.15, -0.1) is 0 Å². The Morgan fingerprint density at radius 3 is 2.59 bits per heavy atom. The van der Waals surface area contributed by atoms with Crippen LogP contribution in [0.5, 0.6) is 0 Å². The predicted octanol–water partition coefficient (Wildman–Crippen LogP) is 4.21. The molecule has 2 aromatic carbocycles. The number of aromatic nitrogens is 4. The minimum atomic E-state index is -0.0482. The standard InChI is InChI=1S/C23H20N4O2/c1-14-21(15(2)29-25-14)17-9-10-18-19(11-17)24-12-20-22(18)27(23(28)26(20)3)13-16-7-5-4-6-8-16/h4-12H,13H2,1-3H3. The fourth-order valence-electron chi connectivity index (χ4n) is 4.04. The zero-order valence-corrected chi connectivity index (χ0v) is 16.5. The van der Waals surface area contributed by atoms with Crippen molar-refractivity contribution in [2.24, 2.45) is 7.05 Å². The van der Waals surface area contributed by atoms with Crippen LogP contribution < -0.4 is 5.69 Å². The lowest BCUT2D eigenvalue weighted by atomic mass is 10.0. The Morgan fingerprint density at radius 1 is 1.07 bits per heavy atom. The normalized spacial score (nSPS) is 11.6. The van der Waals surface area contributed by atoms with E-state index in [1.165, 1.54) is 0 Å². The van der Waals surface area contributed by atoms with Crippen LogP contribution in [0.15, 0.2) is 64.0 Å². The van der Waals surface area contributed by atoms with Gasteiger partial charge in [0.05, 0.1) is 35.0 Å². The summed E-state index contributed by atoms with van der Waals surface area (Å²) in [6, 6.07) is 16.1. The average molecular weight is 384 g/mol. The van der Waals surface area contributed by atoms with Crippen molar-refractivity contribution in [1.82, 2.24) is 19.3 Å². The number of rotatable bonds is 3. The van der Waals surface area contributed by atoms with E-state index in [0.29, 0.717) is 6.54 Å². The number of aryl methyl sites for hydroxylation is 3. The second kappa shape index (κ2) is 6.44. The molecule has 0 aliphatic heterocycles. The third kappa shape index (κ3) is 2.68. The SMILES string of the molecule is Cc1noc(C)c1-c1ccc2c(c1)ncc1c2n(Cc2ccccc2)c(=O)n1C. The van der Waals surface area contributed by atoms with E-state index < -0.39 is 0 Å². The van der Waals surface area contributed by atoms with Crippen LogP contribution in [0.25, 0.3) is 33.1 Å². The van der Waals surface area contributed by atoms with Crippen molar-refractivity contribution in [2.75, 3.05) is 0 Å². The number of fused-ring (bicyclic) bond motifs is 3. The van der Waals surface area contributed by atoms with Gasteiger partial charge in [-0.1, -0.05) is 47.6 Å². The summed E-state index contributed by atoms with van der Waals surface area (Å²) < 4.78 is 8.80. The second-order valence-corrected chi connectivity index (χ2v) is 7.34. The fraction of sp³-hybridized carbons (Fsp3) is 0.174. The molecule has 5 rings (SSSR count). The van der Waals surface area contributed by atoms with Crippen LogP contribution in [0.1, 0.15) is 17.0 Å². The van der Waals surface area contributed by atoms with Crippen molar-refractivity contribution >= 4 is 21.9 Å². The van der Waals surface area contributed by atoms with Crippen molar-refractivity contribution in [2.45, 2.75) is 20.4 Å². The van der Waals surface area contributed by atoms with Crippen molar-refractivity contribution < 1.29 is 4.52 Å². The summed E-state index contributed by atoms with van der Waals surface area (Å²) >= 11 is 0. The highest BCUT2D eigenvalue weighted by atomic mass is 16.5. The van der Waals surface area contributed by atoms with Gasteiger partial charge in [-0.3, -0.25) is 14.1 Å². The van der Waals surface area contributed by atoms with Gasteiger partial charge in [0.1, 0.15) is 5.76 Å². The molecule has 0 spiro atoms. The number of pyridine rings is 1. The molecule has 3 heterocycles. The van der Waals surface area contributed by atoms with Crippen molar-refractivity contribution in [1.29, 1.82) is 0 Å². The molecule has 0 fully saturated rings. The number of hydrogen-bond donors (Lipinski definition) is 0. The summed E-state index contributed by atoms with van der Waals surface area (Å²) in [5.41, 5.74) is 6.44. The lowest BCUT2D eigenvalue weighted by Gasteiger charge is -2.08. The highest BCUT2D eigenvalue weighted by Crippen LogP contribution is 2.31. The molecule has 0 bridgehead atoms. The molecular weight excluding hydrogens is 364 g/mol. The van der Waals surface area contributed by atoms with Crippen LogP contribution in [0.3, 0.4) is 0 Å². The maximum Gasteiger partial charge on any atom is 0.329 e. The van der Waals surface area contributed by atoms with Gasteiger partial charge in [-0.05, 0) is 31.0 Å². The Hall–Kier alpha value is -3.67. The molecule has 29 heavy (non-hydrogen) atoms. The number of nitrogens with zero attached hydrogens (tertiary/aromatic N) is 4. The molecule has 0 N–H and O–H groups in total. The van der Waals surface area contributed by atoms with Gasteiger partial charge in [0, 0.05) is 18.0 Å². The Bertz CT molecular complexity index is 1410. The molecule has 0 aliphatic carbocycles. The van der Waals surface area contributed by atoms with E-state index in [-0.39, 0.29) is 5.69 Å². The summed E-state index contributed by atoms with van der Waals surface area (Å²) in [6.07, 6.45) is 1.78. The summed E-state index contributed by atoms with van der Waals surface area (Å²) in [5.74, 6) is 0.781. The van der Waals surface area contributed by atoms with Crippen LogP contribution in [-0.4, -0.2) is 19.3 Å². The Balaban J connectivity index is 1.76. The van der Waals surface area contributed by atoms with Crippen LogP contribution in [0.2, 0.25) is 0 Å². The van der Waals surface area contributed by atoms with Gasteiger partial charge in [-0.25, -0.2) is 4.79 Å². The minimum absolute atomic E-state index is 0.0482. The topological polar surface area (TPSA) is 65.8 Å². The number of imidazole rings is 1. The molecule has 3 aromatic heterocycles. The van der Waals surface area contributed by atoms with Crippen molar-refractivity contribution in [3.05, 3.63) is 82.2 Å². The van der Waals surface area contributed by atoms with Crippen LogP contribution in [0, 0.1) is 13.8 Å². The lowest BCUT2D eigenvalue weighted by Crippen LogP contribution is -2.22. The molecule has 0 saturated heterocycles. The Labute approximate surface area is 167 Å². The average Bonchev–Trinajstić information content (AvgIpc) is 3.19. The first kappa shape index (κ1) is 17.4. The third-order valence-electron chi connectivity index (χ3n) is 5.48. The highest BCUT2D eigenvalue weighted by molar-refractivity contribution is 6.03. The van der Waals surface area contributed by atoms with Crippen molar-refractivity contribution in [3.63, 3.8) is 0 Å². The minimum Gasteiger partial charge on any atom is -0.361 e. The van der Waals surface area contributed by atoms with Crippen molar-refractivity contribution in [3.8, 4) is 11.1 Å². The first-order chi connectivity index (χ1) is 14.0. The molecule has 0 unspecified atom stereocenters. The van der Waals surface area contributed by atoms with Gasteiger partial charge >= 0.3 is 5.69 Å². The lowest BCUT2D eigenvalue weighted by molar-refractivity contribution is 0.393. The Kier molecular flexibility index (Phi) is 3.87. The van der Waals surface area contributed by atoms with E-state index in [9.17, 15) is 4.79 Å². The largest absolute Gasteiger partial charge is 0.361 e. The quantitative estimate of drug-likeness (QED) is 0.467. The predicted molar refractivity (Wildman–Crippen MR) is 113 cm³/mol. The highest BCUT2D eigenvalue weighted by Gasteiger charge is 2.17. The molecule has 6 nitrogen and oxygen atoms in total. The van der Waals surface area contributed by atoms with E-state index in [0.717, 1.165) is 50.1 Å². The van der Waals surface area contributed by atoms with Gasteiger partial charge in [0.15, 0.2) is 0 Å². The Morgan fingerprint density at radius 2 is 1.86 bits per heavy atom. The second-order valence-electron chi connectivity index (χ2n) is 7.34. The van der Waals surface area contributed by atoms with E-state index in [1.54, 1.807) is 17.8 Å². The molecule has 0 radical (unpaired) electrons. The van der Waals surface area contributed by atoms with E-state index in [1.807, 2.05) is 66.9 Å². The molecule has 144 valence electrons. The first-order valence-corrected chi connectivity index (χ1v) is 9.50. The van der Waals surface area contributed by atoms with E-state index in [4.69, 9.17) is 4.52 Å². The molecule has 6 heteroatoms. The van der Waals surface area contributed by atoms with Crippen LogP contribution in [0.4, 0.5) is 0 Å². The fourth-order valence-corrected chi connectivity index (χ4v) is 4.04. The van der Waals surface area contributed by atoms with Crippen LogP contribution >= 0.6 is 0 Å². The van der Waals surface area contributed by atoms with Gasteiger partial charge in [-0.2, -0.15) is 0 Å². The zero-order valence-electron chi connectivity index (χ0n) is 16.5. The molecule has 0 atom stereocenters. The van der Waals surface area contributed by atoms with Gasteiger partial charge in [0.25, 0.3) is 0 Å². The van der Waals surface area contributed by atoms with Crippen LogP contribution in [-0.2, 0) is 13.6 Å².